The molecule has 1 unspecified atom stereocenters. The third-order valence-electron chi connectivity index (χ3n) is 1.10. The molecule has 0 fully saturated rings. The van der Waals surface area contributed by atoms with Crippen molar-refractivity contribution >= 4 is 5.97 Å². The molecule has 0 aromatic carbocycles. The number of rotatable bonds is 4. The first-order valence-corrected chi connectivity index (χ1v) is 3.08. The molecule has 0 spiro atoms. The van der Waals surface area contributed by atoms with E-state index >= 15 is 0 Å². The van der Waals surface area contributed by atoms with E-state index in [0.29, 0.717) is 0 Å². The van der Waals surface area contributed by atoms with Crippen molar-refractivity contribution < 1.29 is 14.6 Å². The molecule has 0 rings (SSSR count). The molecule has 10 heavy (non-hydrogen) atoms. The van der Waals surface area contributed by atoms with Crippen molar-refractivity contribution in [3.63, 3.8) is 0 Å². The highest BCUT2D eigenvalue weighted by Crippen LogP contribution is 1.97. The van der Waals surface area contributed by atoms with E-state index in [1.165, 1.54) is 6.92 Å². The molecule has 0 radical (unpaired) electrons. The zero-order valence-electron chi connectivity index (χ0n) is 6.20. The van der Waals surface area contributed by atoms with Crippen molar-refractivity contribution in [2.75, 3.05) is 0 Å². The van der Waals surface area contributed by atoms with E-state index in [1.807, 2.05) is 0 Å². The maximum atomic E-state index is 10.2. The second-order valence-electron chi connectivity index (χ2n) is 2.06. The molecule has 0 aliphatic heterocycles. The molecule has 1 N–H and O–H groups in total. The normalized spacial score (nSPS) is 15.8. The Kier molecular flexibility index (Phi) is 3.72. The van der Waals surface area contributed by atoms with Crippen LogP contribution in [0.2, 0.25) is 0 Å². The fourth-order valence-corrected chi connectivity index (χ4v) is 0.436. The second kappa shape index (κ2) is 4.06. The molecule has 0 amide bonds. The van der Waals surface area contributed by atoms with Gasteiger partial charge in [-0.2, -0.15) is 0 Å². The van der Waals surface area contributed by atoms with Gasteiger partial charge in [-0.15, -0.1) is 6.58 Å². The maximum Gasteiger partial charge on any atom is 0.332 e. The summed E-state index contributed by atoms with van der Waals surface area (Å²) in [6.45, 7) is 6.69. The summed E-state index contributed by atoms with van der Waals surface area (Å²) in [4.78, 5) is 10.2. The molecule has 0 saturated heterocycles. The van der Waals surface area contributed by atoms with Gasteiger partial charge >= 0.3 is 5.97 Å². The van der Waals surface area contributed by atoms with Gasteiger partial charge in [-0.1, -0.05) is 6.08 Å². The van der Waals surface area contributed by atoms with Crippen molar-refractivity contribution in [2.45, 2.75) is 26.1 Å². The molecule has 0 aromatic heterocycles. The van der Waals surface area contributed by atoms with Crippen molar-refractivity contribution in [1.82, 2.24) is 0 Å². The number of ether oxygens (including phenoxy) is 1. The van der Waals surface area contributed by atoms with Crippen LogP contribution in [0.1, 0.15) is 13.8 Å². The van der Waals surface area contributed by atoms with Gasteiger partial charge in [0.25, 0.3) is 0 Å². The molecule has 58 valence electrons. The van der Waals surface area contributed by atoms with Crippen molar-refractivity contribution in [1.29, 1.82) is 0 Å². The predicted octanol–water partition coefficient (Wildman–Crippen LogP) is 1.05. The van der Waals surface area contributed by atoms with E-state index in [-0.39, 0.29) is 6.10 Å². The SMILES string of the molecule is C=CC(C)O[C@H](C)C(=O)O. The second-order valence-corrected chi connectivity index (χ2v) is 2.06. The van der Waals surface area contributed by atoms with E-state index in [0.717, 1.165) is 0 Å². The van der Waals surface area contributed by atoms with E-state index in [2.05, 4.69) is 6.58 Å². The zero-order chi connectivity index (χ0) is 8.15. The maximum absolute atomic E-state index is 10.2. The number of hydrogen-bond acceptors (Lipinski definition) is 2. The van der Waals surface area contributed by atoms with Gasteiger partial charge in [0.1, 0.15) is 0 Å². The number of carbonyl (C=O) groups is 1. The van der Waals surface area contributed by atoms with Gasteiger partial charge < -0.3 is 9.84 Å². The molecule has 0 bridgehead atoms. The monoisotopic (exact) mass is 144 g/mol. The van der Waals surface area contributed by atoms with Crippen LogP contribution < -0.4 is 0 Å². The summed E-state index contributed by atoms with van der Waals surface area (Å²) in [6.07, 6.45) is 0.596. The summed E-state index contributed by atoms with van der Waals surface area (Å²) < 4.78 is 4.94. The lowest BCUT2D eigenvalue weighted by Crippen LogP contribution is -2.23. The van der Waals surface area contributed by atoms with Crippen LogP contribution in [0, 0.1) is 0 Å². The minimum absolute atomic E-state index is 0.203. The molecule has 3 heteroatoms. The van der Waals surface area contributed by atoms with E-state index < -0.39 is 12.1 Å². The highest BCUT2D eigenvalue weighted by molar-refractivity contribution is 5.71. The van der Waals surface area contributed by atoms with Crippen molar-refractivity contribution in [3.05, 3.63) is 12.7 Å². The molecule has 0 aliphatic rings. The Bertz CT molecular complexity index is 131. The summed E-state index contributed by atoms with van der Waals surface area (Å²) in [5.41, 5.74) is 0. The average Bonchev–Trinajstić information content (AvgIpc) is 1.87. The Labute approximate surface area is 60.3 Å². The Morgan fingerprint density at radius 2 is 2.20 bits per heavy atom. The Hall–Kier alpha value is -0.830. The van der Waals surface area contributed by atoms with E-state index in [1.54, 1.807) is 13.0 Å². The van der Waals surface area contributed by atoms with Gasteiger partial charge in [-0.05, 0) is 13.8 Å². The summed E-state index contributed by atoms with van der Waals surface area (Å²) >= 11 is 0. The van der Waals surface area contributed by atoms with E-state index in [4.69, 9.17) is 9.84 Å². The highest BCUT2D eigenvalue weighted by Gasteiger charge is 2.12. The Balaban J connectivity index is 3.67. The molecule has 2 atom stereocenters. The first-order valence-electron chi connectivity index (χ1n) is 3.08. The van der Waals surface area contributed by atoms with Crippen LogP contribution in [-0.2, 0) is 9.53 Å². The number of aliphatic carboxylic acids is 1. The van der Waals surface area contributed by atoms with Gasteiger partial charge in [-0.25, -0.2) is 4.79 Å². The lowest BCUT2D eigenvalue weighted by molar-refractivity contribution is -0.150. The minimum atomic E-state index is -0.950. The quantitative estimate of drug-likeness (QED) is 0.600. The smallest absolute Gasteiger partial charge is 0.332 e. The first kappa shape index (κ1) is 9.17. The number of carboxylic acid groups (broad SMARTS) is 1. The molecule has 0 aromatic rings. The highest BCUT2D eigenvalue weighted by atomic mass is 16.5. The lowest BCUT2D eigenvalue weighted by Gasteiger charge is -2.11. The largest absolute Gasteiger partial charge is 0.479 e. The molecule has 3 nitrogen and oxygen atoms in total. The van der Waals surface area contributed by atoms with E-state index in [9.17, 15) is 4.79 Å². The van der Waals surface area contributed by atoms with Gasteiger partial charge in [0, 0.05) is 0 Å². The molecular weight excluding hydrogens is 132 g/mol. The minimum Gasteiger partial charge on any atom is -0.479 e. The van der Waals surface area contributed by atoms with Crippen molar-refractivity contribution in [3.8, 4) is 0 Å². The van der Waals surface area contributed by atoms with Crippen LogP contribution in [0.5, 0.6) is 0 Å². The van der Waals surface area contributed by atoms with Crippen molar-refractivity contribution in [2.24, 2.45) is 0 Å². The van der Waals surface area contributed by atoms with Crippen LogP contribution in [-0.4, -0.2) is 23.3 Å². The van der Waals surface area contributed by atoms with Crippen LogP contribution in [0.15, 0.2) is 12.7 Å². The summed E-state index contributed by atoms with van der Waals surface area (Å²) in [7, 11) is 0. The first-order chi connectivity index (χ1) is 4.57. The zero-order valence-corrected chi connectivity index (χ0v) is 6.20. The molecule has 0 aliphatic carbocycles. The summed E-state index contributed by atoms with van der Waals surface area (Å²) in [5.74, 6) is -0.950. The molecule has 0 heterocycles. The lowest BCUT2D eigenvalue weighted by atomic mass is 10.3. The molecular formula is C7H12O3. The fraction of sp³-hybridized carbons (Fsp3) is 0.571. The van der Waals surface area contributed by atoms with Crippen LogP contribution >= 0.6 is 0 Å². The standard InChI is InChI=1S/C7H12O3/c1-4-5(2)10-6(3)7(8)9/h4-6H,1H2,2-3H3,(H,8,9)/t5?,6-/m1/s1. The van der Waals surface area contributed by atoms with Gasteiger partial charge in [0.05, 0.1) is 6.10 Å². The average molecular weight is 144 g/mol. The number of carboxylic acids is 1. The number of hydrogen-bond donors (Lipinski definition) is 1. The predicted molar refractivity (Wildman–Crippen MR) is 37.8 cm³/mol. The Morgan fingerprint density at radius 1 is 1.70 bits per heavy atom. The Morgan fingerprint density at radius 3 is 2.50 bits per heavy atom. The fourth-order valence-electron chi connectivity index (χ4n) is 0.436. The third-order valence-corrected chi connectivity index (χ3v) is 1.10. The van der Waals surface area contributed by atoms with Gasteiger partial charge in [0.2, 0.25) is 0 Å². The summed E-state index contributed by atoms with van der Waals surface area (Å²) in [5, 5.41) is 8.37. The van der Waals surface area contributed by atoms with Gasteiger partial charge in [0.15, 0.2) is 6.10 Å². The topological polar surface area (TPSA) is 46.5 Å². The van der Waals surface area contributed by atoms with Crippen LogP contribution in [0.4, 0.5) is 0 Å². The third kappa shape index (κ3) is 3.25. The summed E-state index contributed by atoms with van der Waals surface area (Å²) in [6, 6.07) is 0. The van der Waals surface area contributed by atoms with Gasteiger partial charge in [-0.3, -0.25) is 0 Å². The molecule has 0 saturated carbocycles. The van der Waals surface area contributed by atoms with Crippen LogP contribution in [0.25, 0.3) is 0 Å². The van der Waals surface area contributed by atoms with Crippen LogP contribution in [0.3, 0.4) is 0 Å².